The predicted molar refractivity (Wildman–Crippen MR) is 100 cm³/mol. The van der Waals surface area contributed by atoms with Gasteiger partial charge in [-0.25, -0.2) is 13.6 Å². The van der Waals surface area contributed by atoms with Gasteiger partial charge in [-0.3, -0.25) is 0 Å². The third-order valence-corrected chi connectivity index (χ3v) is 5.21. The van der Waals surface area contributed by atoms with Crippen LogP contribution in [0.5, 0.6) is 0 Å². The summed E-state index contributed by atoms with van der Waals surface area (Å²) in [6.07, 6.45) is 0.770. The zero-order valence-corrected chi connectivity index (χ0v) is 15.8. The van der Waals surface area contributed by atoms with Gasteiger partial charge in [0.15, 0.2) is 5.76 Å². The summed E-state index contributed by atoms with van der Waals surface area (Å²) in [5, 5.41) is 18.1. The zero-order valence-electron chi connectivity index (χ0n) is 15.0. The number of primary sulfonamides is 1. The maximum atomic E-state index is 11.2. The molecule has 3 aromatic rings. The molecule has 0 saturated carbocycles. The molecule has 7 nitrogen and oxygen atoms in total. The Labute approximate surface area is 162 Å². The van der Waals surface area contributed by atoms with Crippen molar-refractivity contribution in [1.82, 2.24) is 0 Å². The van der Waals surface area contributed by atoms with Crippen molar-refractivity contribution in [2.45, 2.75) is 17.9 Å². The lowest BCUT2D eigenvalue weighted by Gasteiger charge is -2.04. The first-order valence-corrected chi connectivity index (χ1v) is 10.2. The predicted octanol–water partition coefficient (Wildman–Crippen LogP) is 0.264. The van der Waals surface area contributed by atoms with E-state index in [4.69, 9.17) is 9.56 Å². The molecule has 0 radical (unpaired) electrons. The van der Waals surface area contributed by atoms with Crippen molar-refractivity contribution in [2.24, 2.45) is 5.14 Å². The summed E-state index contributed by atoms with van der Waals surface area (Å²) in [6.45, 7) is 1.43. The molecule has 0 aliphatic rings. The number of hydrogen-bond acceptors (Lipinski definition) is 5. The number of carboxylic acid groups (broad SMARTS) is 1. The fourth-order valence-corrected chi connectivity index (χ4v) is 3.32. The van der Waals surface area contributed by atoms with E-state index in [-0.39, 0.29) is 10.5 Å². The van der Waals surface area contributed by atoms with E-state index in [1.807, 2.05) is 12.1 Å². The number of quaternary nitrogens is 1. The molecule has 0 saturated heterocycles. The van der Waals surface area contributed by atoms with Crippen molar-refractivity contribution >= 4 is 16.0 Å². The van der Waals surface area contributed by atoms with Crippen LogP contribution in [-0.4, -0.2) is 20.9 Å². The maximum Gasteiger partial charge on any atom is 0.238 e. The highest BCUT2D eigenvalue weighted by Crippen LogP contribution is 2.22. The lowest BCUT2D eigenvalue weighted by Crippen LogP contribution is -2.83. The van der Waals surface area contributed by atoms with Crippen LogP contribution in [0.1, 0.15) is 21.7 Å². The van der Waals surface area contributed by atoms with E-state index in [0.29, 0.717) is 17.9 Å². The van der Waals surface area contributed by atoms with E-state index in [9.17, 15) is 18.3 Å². The van der Waals surface area contributed by atoms with Crippen molar-refractivity contribution in [3.05, 3.63) is 77.6 Å². The number of aromatic carboxylic acids is 1. The number of hydrogen-bond donors (Lipinski definition) is 2. The fourth-order valence-electron chi connectivity index (χ4n) is 2.80. The fraction of sp³-hybridized carbons (Fsp3) is 0.150. The first-order chi connectivity index (χ1) is 13.3. The molecule has 0 fully saturated rings. The van der Waals surface area contributed by atoms with Crippen LogP contribution >= 0.6 is 0 Å². The van der Waals surface area contributed by atoms with Crippen LogP contribution in [-0.2, 0) is 23.0 Å². The SMILES string of the molecule is NS(=O)(=O)c1ccc(CC[NH2+]Cc2ccc(-c3cccc(C(=O)[O-])c3)o2)cc1. The highest BCUT2D eigenvalue weighted by atomic mass is 32.2. The van der Waals surface area contributed by atoms with Gasteiger partial charge in [0.1, 0.15) is 12.3 Å². The van der Waals surface area contributed by atoms with Crippen molar-refractivity contribution in [2.75, 3.05) is 6.54 Å². The van der Waals surface area contributed by atoms with Crippen molar-refractivity contribution in [3.8, 4) is 11.3 Å². The van der Waals surface area contributed by atoms with Crippen LogP contribution in [0.25, 0.3) is 11.3 Å². The smallest absolute Gasteiger partial charge is 0.238 e. The Bertz CT molecular complexity index is 1070. The molecule has 0 unspecified atom stereocenters. The van der Waals surface area contributed by atoms with Crippen molar-refractivity contribution in [1.29, 1.82) is 0 Å². The van der Waals surface area contributed by atoms with Crippen LogP contribution in [0, 0.1) is 0 Å². The summed E-state index contributed by atoms with van der Waals surface area (Å²) in [5.74, 6) is 0.155. The highest BCUT2D eigenvalue weighted by molar-refractivity contribution is 7.89. The van der Waals surface area contributed by atoms with Gasteiger partial charge in [-0.1, -0.05) is 30.3 Å². The van der Waals surface area contributed by atoms with Crippen molar-refractivity contribution < 1.29 is 28.1 Å². The van der Waals surface area contributed by atoms with Crippen LogP contribution in [0.2, 0.25) is 0 Å². The molecule has 0 bridgehead atoms. The Morgan fingerprint density at radius 2 is 1.82 bits per heavy atom. The zero-order chi connectivity index (χ0) is 20.1. The topological polar surface area (TPSA) is 130 Å². The van der Waals surface area contributed by atoms with Crippen LogP contribution < -0.4 is 15.6 Å². The van der Waals surface area contributed by atoms with Gasteiger partial charge in [0.05, 0.1) is 17.4 Å². The Balaban J connectivity index is 1.52. The molecule has 1 aromatic heterocycles. The molecule has 0 aliphatic heterocycles. The van der Waals surface area contributed by atoms with Gasteiger partial charge >= 0.3 is 0 Å². The standard InChI is InChI=1S/C20H20N2O5S/c21-28(25,26)18-7-4-14(5-8-18)10-11-22-13-17-6-9-19(27-17)15-2-1-3-16(12-15)20(23)24/h1-9,12,22H,10-11,13H2,(H,23,24)(H2,21,25,26). The summed E-state index contributed by atoms with van der Waals surface area (Å²) in [6, 6.07) is 16.6. The third kappa shape index (κ3) is 5.07. The Kier molecular flexibility index (Phi) is 5.93. The maximum absolute atomic E-state index is 11.2. The second-order valence-electron chi connectivity index (χ2n) is 6.35. The van der Waals surface area contributed by atoms with E-state index in [2.05, 4.69) is 5.32 Å². The van der Waals surface area contributed by atoms with Gasteiger partial charge < -0.3 is 19.6 Å². The summed E-state index contributed by atoms with van der Waals surface area (Å²) < 4.78 is 28.3. The highest BCUT2D eigenvalue weighted by Gasteiger charge is 2.09. The normalized spacial score (nSPS) is 11.5. The summed E-state index contributed by atoms with van der Waals surface area (Å²) in [4.78, 5) is 11.1. The number of carbonyl (C=O) groups excluding carboxylic acids is 1. The summed E-state index contributed by atoms with van der Waals surface area (Å²) in [5.41, 5.74) is 1.81. The van der Waals surface area contributed by atoms with Gasteiger partial charge in [0.2, 0.25) is 10.0 Å². The molecule has 3 rings (SSSR count). The Hall–Kier alpha value is -2.94. The monoisotopic (exact) mass is 400 g/mol. The van der Waals surface area contributed by atoms with Crippen LogP contribution in [0.15, 0.2) is 70.0 Å². The quantitative estimate of drug-likeness (QED) is 0.524. The number of carbonyl (C=O) groups is 1. The van der Waals surface area contributed by atoms with E-state index in [1.165, 1.54) is 24.3 Å². The number of nitrogens with two attached hydrogens (primary N) is 2. The lowest BCUT2D eigenvalue weighted by molar-refractivity contribution is -0.671. The molecule has 4 N–H and O–H groups in total. The average molecular weight is 400 g/mol. The number of sulfonamides is 1. The molecule has 2 aromatic carbocycles. The molecule has 0 aliphatic carbocycles. The second-order valence-corrected chi connectivity index (χ2v) is 7.92. The molecule has 28 heavy (non-hydrogen) atoms. The minimum absolute atomic E-state index is 0.103. The molecule has 8 heteroatoms. The van der Waals surface area contributed by atoms with E-state index in [1.54, 1.807) is 24.3 Å². The summed E-state index contributed by atoms with van der Waals surface area (Å²) in [7, 11) is -3.67. The molecular formula is C20H20N2O5S. The van der Waals surface area contributed by atoms with Gasteiger partial charge in [0, 0.05) is 12.0 Å². The molecule has 146 valence electrons. The molecular weight excluding hydrogens is 380 g/mol. The van der Waals surface area contributed by atoms with Crippen molar-refractivity contribution in [3.63, 3.8) is 0 Å². The first kappa shape index (κ1) is 19.8. The van der Waals surface area contributed by atoms with E-state index < -0.39 is 16.0 Å². The Morgan fingerprint density at radius 1 is 1.07 bits per heavy atom. The lowest BCUT2D eigenvalue weighted by atomic mass is 10.1. The van der Waals surface area contributed by atoms with Crippen LogP contribution in [0.4, 0.5) is 0 Å². The molecule has 0 amide bonds. The third-order valence-electron chi connectivity index (χ3n) is 4.28. The number of furan rings is 1. The molecule has 0 atom stereocenters. The Morgan fingerprint density at radius 3 is 2.50 bits per heavy atom. The molecule has 1 heterocycles. The minimum Gasteiger partial charge on any atom is -0.545 e. The van der Waals surface area contributed by atoms with Crippen LogP contribution in [0.3, 0.4) is 0 Å². The number of benzene rings is 2. The summed E-state index contributed by atoms with van der Waals surface area (Å²) >= 11 is 0. The van der Waals surface area contributed by atoms with Gasteiger partial charge in [-0.2, -0.15) is 0 Å². The largest absolute Gasteiger partial charge is 0.545 e. The minimum atomic E-state index is -3.67. The van der Waals surface area contributed by atoms with E-state index >= 15 is 0 Å². The second kappa shape index (κ2) is 8.39. The van der Waals surface area contributed by atoms with Gasteiger partial charge in [-0.05, 0) is 41.5 Å². The molecule has 0 spiro atoms. The van der Waals surface area contributed by atoms with Gasteiger partial charge in [-0.15, -0.1) is 0 Å². The van der Waals surface area contributed by atoms with E-state index in [0.717, 1.165) is 24.3 Å². The number of carboxylic acids is 1. The van der Waals surface area contributed by atoms with Gasteiger partial charge in [0.25, 0.3) is 0 Å². The number of rotatable bonds is 8. The first-order valence-electron chi connectivity index (χ1n) is 8.67. The average Bonchev–Trinajstić information content (AvgIpc) is 3.14.